The zero-order valence-electron chi connectivity index (χ0n) is 14.7. The van der Waals surface area contributed by atoms with Crippen LogP contribution in [0, 0.1) is 13.8 Å². The highest BCUT2D eigenvalue weighted by molar-refractivity contribution is 7.89. The summed E-state index contributed by atoms with van der Waals surface area (Å²) in [6, 6.07) is 12.8. The van der Waals surface area contributed by atoms with Crippen molar-refractivity contribution in [3.8, 4) is 0 Å². The standard InChI is InChI=1S/C20H20N2O3S/c1-13-4-3-5-18(8-13)26(24,25)22-7-6-15-10-16-9-14(2)20(23)21-19(16)11-17(15)12-22/h3-5,8-11H,6-7,12H2,1-2H3,(H,21,23). The van der Waals surface area contributed by atoms with Gasteiger partial charge in [0.25, 0.3) is 5.56 Å². The summed E-state index contributed by atoms with van der Waals surface area (Å²) in [5.41, 5.74) is 4.31. The van der Waals surface area contributed by atoms with Crippen molar-refractivity contribution in [2.45, 2.75) is 31.7 Å². The molecule has 134 valence electrons. The topological polar surface area (TPSA) is 70.2 Å². The highest BCUT2D eigenvalue weighted by atomic mass is 32.2. The van der Waals surface area contributed by atoms with Crippen LogP contribution in [0.3, 0.4) is 0 Å². The monoisotopic (exact) mass is 368 g/mol. The molecule has 2 heterocycles. The van der Waals surface area contributed by atoms with Crippen LogP contribution in [0.25, 0.3) is 10.9 Å². The number of aryl methyl sites for hydroxylation is 2. The molecule has 26 heavy (non-hydrogen) atoms. The zero-order chi connectivity index (χ0) is 18.5. The van der Waals surface area contributed by atoms with Gasteiger partial charge in [-0.25, -0.2) is 8.42 Å². The number of rotatable bonds is 2. The maximum atomic E-state index is 13.0. The van der Waals surface area contributed by atoms with Gasteiger partial charge in [0.15, 0.2) is 0 Å². The van der Waals surface area contributed by atoms with E-state index in [-0.39, 0.29) is 5.56 Å². The molecule has 0 radical (unpaired) electrons. The molecule has 2 aromatic carbocycles. The normalized spacial score (nSPS) is 15.2. The van der Waals surface area contributed by atoms with Crippen molar-refractivity contribution in [3.63, 3.8) is 0 Å². The average molecular weight is 368 g/mol. The van der Waals surface area contributed by atoms with Crippen LogP contribution in [-0.4, -0.2) is 24.3 Å². The third-order valence-corrected chi connectivity index (χ3v) is 6.80. The quantitative estimate of drug-likeness (QED) is 0.756. The van der Waals surface area contributed by atoms with Gasteiger partial charge in [-0.2, -0.15) is 4.31 Å². The van der Waals surface area contributed by atoms with E-state index in [2.05, 4.69) is 11.1 Å². The van der Waals surface area contributed by atoms with E-state index in [4.69, 9.17) is 0 Å². The number of nitrogens with one attached hydrogen (secondary N) is 1. The van der Waals surface area contributed by atoms with Gasteiger partial charge in [0.2, 0.25) is 10.0 Å². The number of H-pyrrole nitrogens is 1. The molecule has 1 aromatic heterocycles. The van der Waals surface area contributed by atoms with Gasteiger partial charge < -0.3 is 4.98 Å². The molecule has 0 atom stereocenters. The number of fused-ring (bicyclic) bond motifs is 2. The second-order valence-electron chi connectivity index (χ2n) is 6.89. The first-order valence-corrected chi connectivity index (χ1v) is 10.0. The molecule has 6 heteroatoms. The summed E-state index contributed by atoms with van der Waals surface area (Å²) >= 11 is 0. The number of pyridine rings is 1. The highest BCUT2D eigenvalue weighted by Gasteiger charge is 2.28. The zero-order valence-corrected chi connectivity index (χ0v) is 15.6. The molecule has 0 saturated heterocycles. The molecule has 1 aliphatic rings. The SMILES string of the molecule is Cc1cccc(S(=O)(=O)N2CCc3cc4cc(C)c(=O)[nH]c4cc3C2)c1. The van der Waals surface area contributed by atoms with Crippen LogP contribution in [0.5, 0.6) is 0 Å². The maximum absolute atomic E-state index is 13.0. The van der Waals surface area contributed by atoms with Gasteiger partial charge in [-0.15, -0.1) is 0 Å². The minimum Gasteiger partial charge on any atom is -0.322 e. The van der Waals surface area contributed by atoms with Crippen molar-refractivity contribution in [2.75, 3.05) is 6.54 Å². The van der Waals surface area contributed by atoms with E-state index < -0.39 is 10.0 Å². The molecule has 0 amide bonds. The lowest BCUT2D eigenvalue weighted by Crippen LogP contribution is -2.36. The molecule has 5 nitrogen and oxygen atoms in total. The smallest absolute Gasteiger partial charge is 0.251 e. The number of nitrogens with zero attached hydrogens (tertiary/aromatic N) is 1. The first-order chi connectivity index (χ1) is 12.3. The first kappa shape index (κ1) is 17.0. The van der Waals surface area contributed by atoms with Gasteiger partial charge in [-0.3, -0.25) is 4.79 Å². The summed E-state index contributed by atoms with van der Waals surface area (Å²) in [6.07, 6.45) is 0.661. The van der Waals surface area contributed by atoms with Crippen molar-refractivity contribution in [3.05, 3.63) is 75.1 Å². The molecule has 3 aromatic rings. The van der Waals surface area contributed by atoms with Gasteiger partial charge in [0.05, 0.1) is 4.90 Å². The van der Waals surface area contributed by atoms with Crippen molar-refractivity contribution in [1.29, 1.82) is 0 Å². The third-order valence-electron chi connectivity index (χ3n) is 4.95. The molecule has 1 aliphatic heterocycles. The van der Waals surface area contributed by atoms with Crippen LogP contribution in [0.2, 0.25) is 0 Å². The van der Waals surface area contributed by atoms with E-state index in [0.29, 0.717) is 30.0 Å². The molecular weight excluding hydrogens is 348 g/mol. The Bertz CT molecular complexity index is 1180. The van der Waals surface area contributed by atoms with E-state index in [9.17, 15) is 13.2 Å². The van der Waals surface area contributed by atoms with Gasteiger partial charge >= 0.3 is 0 Å². The molecule has 0 spiro atoms. The van der Waals surface area contributed by atoms with E-state index in [0.717, 1.165) is 27.6 Å². The molecule has 4 rings (SSSR count). The largest absolute Gasteiger partial charge is 0.322 e. The van der Waals surface area contributed by atoms with E-state index in [1.165, 1.54) is 4.31 Å². The summed E-state index contributed by atoms with van der Waals surface area (Å²) in [7, 11) is -3.53. The minimum absolute atomic E-state index is 0.113. The van der Waals surface area contributed by atoms with Gasteiger partial charge in [0, 0.05) is 24.2 Å². The van der Waals surface area contributed by atoms with Crippen molar-refractivity contribution >= 4 is 20.9 Å². The van der Waals surface area contributed by atoms with E-state index in [1.54, 1.807) is 25.1 Å². The van der Waals surface area contributed by atoms with Crippen LogP contribution in [0.15, 0.2) is 52.2 Å². The Morgan fingerprint density at radius 1 is 1.04 bits per heavy atom. The second-order valence-corrected chi connectivity index (χ2v) is 8.83. The summed E-state index contributed by atoms with van der Waals surface area (Å²) < 4.78 is 27.5. The Morgan fingerprint density at radius 2 is 1.85 bits per heavy atom. The molecule has 0 unspecified atom stereocenters. The van der Waals surface area contributed by atoms with E-state index >= 15 is 0 Å². The Hall–Kier alpha value is -2.44. The van der Waals surface area contributed by atoms with E-state index in [1.807, 2.05) is 25.1 Å². The molecule has 0 saturated carbocycles. The van der Waals surface area contributed by atoms with Crippen LogP contribution >= 0.6 is 0 Å². The first-order valence-electron chi connectivity index (χ1n) is 8.57. The Labute approximate surface area is 152 Å². The predicted octanol–water partition coefficient (Wildman–Crippen LogP) is 2.89. The average Bonchev–Trinajstić information content (AvgIpc) is 2.60. The fourth-order valence-electron chi connectivity index (χ4n) is 3.48. The van der Waals surface area contributed by atoms with Crippen molar-refractivity contribution in [1.82, 2.24) is 9.29 Å². The summed E-state index contributed by atoms with van der Waals surface area (Å²) in [5.74, 6) is 0. The van der Waals surface area contributed by atoms with Gasteiger partial charge in [0.1, 0.15) is 0 Å². The summed E-state index contributed by atoms with van der Waals surface area (Å²) in [5, 5.41) is 0.982. The number of hydrogen-bond acceptors (Lipinski definition) is 3. The lowest BCUT2D eigenvalue weighted by Gasteiger charge is -2.28. The molecule has 0 fully saturated rings. The second kappa shape index (κ2) is 6.07. The predicted molar refractivity (Wildman–Crippen MR) is 102 cm³/mol. The van der Waals surface area contributed by atoms with Gasteiger partial charge in [-0.05, 0) is 72.7 Å². The molecule has 1 N–H and O–H groups in total. The highest BCUT2D eigenvalue weighted by Crippen LogP contribution is 2.28. The lowest BCUT2D eigenvalue weighted by molar-refractivity contribution is 0.391. The van der Waals surface area contributed by atoms with Crippen LogP contribution in [-0.2, 0) is 23.0 Å². The van der Waals surface area contributed by atoms with Crippen LogP contribution < -0.4 is 5.56 Å². The Morgan fingerprint density at radius 3 is 2.62 bits per heavy atom. The van der Waals surface area contributed by atoms with Crippen LogP contribution in [0.4, 0.5) is 0 Å². The Balaban J connectivity index is 1.74. The number of benzene rings is 2. The van der Waals surface area contributed by atoms with Crippen LogP contribution in [0.1, 0.15) is 22.3 Å². The summed E-state index contributed by atoms with van der Waals surface area (Å²) in [4.78, 5) is 15.1. The molecule has 0 aliphatic carbocycles. The lowest BCUT2D eigenvalue weighted by atomic mass is 9.98. The fraction of sp³-hybridized carbons (Fsp3) is 0.250. The van der Waals surface area contributed by atoms with Crippen molar-refractivity contribution < 1.29 is 8.42 Å². The number of aromatic nitrogens is 1. The molecule has 0 bridgehead atoms. The maximum Gasteiger partial charge on any atom is 0.251 e. The fourth-order valence-corrected chi connectivity index (χ4v) is 5.00. The Kier molecular flexibility index (Phi) is 3.97. The third kappa shape index (κ3) is 2.85. The number of aromatic amines is 1. The summed E-state index contributed by atoms with van der Waals surface area (Å²) in [6.45, 7) is 4.44. The van der Waals surface area contributed by atoms with Gasteiger partial charge in [-0.1, -0.05) is 12.1 Å². The minimum atomic E-state index is -3.53. The number of sulfonamides is 1. The number of hydrogen-bond donors (Lipinski definition) is 1. The molecular formula is C20H20N2O3S. The van der Waals surface area contributed by atoms with Crippen molar-refractivity contribution in [2.24, 2.45) is 0 Å².